The first-order valence-electron chi connectivity index (χ1n) is 4.52. The van der Waals surface area contributed by atoms with Crippen molar-refractivity contribution < 1.29 is 8.42 Å². The van der Waals surface area contributed by atoms with E-state index in [2.05, 4.69) is 20.7 Å². The first-order valence-corrected chi connectivity index (χ1v) is 6.80. The Balaban J connectivity index is 3.02. The van der Waals surface area contributed by atoms with Crippen LogP contribution in [0.3, 0.4) is 0 Å². The summed E-state index contributed by atoms with van der Waals surface area (Å²) >= 11 is 3.18. The van der Waals surface area contributed by atoms with Gasteiger partial charge >= 0.3 is 0 Å². The van der Waals surface area contributed by atoms with Gasteiger partial charge in [0.05, 0.1) is 11.6 Å². The van der Waals surface area contributed by atoms with E-state index in [1.165, 1.54) is 6.07 Å². The number of nitrogens with one attached hydrogen (secondary N) is 1. The molecule has 1 aromatic carbocycles. The molecule has 0 atom stereocenters. The summed E-state index contributed by atoms with van der Waals surface area (Å²) in [5.41, 5.74) is 5.97. The van der Waals surface area contributed by atoms with Crippen LogP contribution in [-0.4, -0.2) is 34.1 Å². The zero-order valence-electron chi connectivity index (χ0n) is 9.07. The number of halogens is 1. The van der Waals surface area contributed by atoms with Crippen molar-refractivity contribution in [2.24, 2.45) is 0 Å². The van der Waals surface area contributed by atoms with E-state index in [-0.39, 0.29) is 11.6 Å². The molecule has 0 aliphatic carbocycles. The Morgan fingerprint density at radius 1 is 1.44 bits per heavy atom. The van der Waals surface area contributed by atoms with Crippen molar-refractivity contribution in [3.05, 3.63) is 22.7 Å². The number of hydrogen-bond acceptors (Lipinski definition) is 4. The maximum Gasteiger partial charge on any atom is 0.242 e. The van der Waals surface area contributed by atoms with E-state index in [0.717, 1.165) is 0 Å². The topological polar surface area (TPSA) is 75.4 Å². The molecule has 0 aliphatic rings. The van der Waals surface area contributed by atoms with Crippen LogP contribution in [-0.2, 0) is 10.0 Å². The molecule has 0 saturated heterocycles. The Labute approximate surface area is 104 Å². The molecular weight excluding hydrogens is 294 g/mol. The van der Waals surface area contributed by atoms with Crippen molar-refractivity contribution in [1.82, 2.24) is 9.62 Å². The fraction of sp³-hybridized carbons (Fsp3) is 0.333. The Hall–Kier alpha value is -0.630. The van der Waals surface area contributed by atoms with E-state index in [9.17, 15) is 8.42 Å². The maximum absolute atomic E-state index is 11.9. The lowest BCUT2D eigenvalue weighted by Gasteiger charge is -2.12. The molecule has 0 spiro atoms. The van der Waals surface area contributed by atoms with Crippen LogP contribution in [0.1, 0.15) is 0 Å². The third kappa shape index (κ3) is 3.44. The van der Waals surface area contributed by atoms with Gasteiger partial charge in [-0.25, -0.2) is 8.42 Å². The second-order valence-electron chi connectivity index (χ2n) is 3.58. The normalized spacial score (nSPS) is 12.0. The number of benzene rings is 1. The van der Waals surface area contributed by atoms with Gasteiger partial charge in [-0.3, -0.25) is 4.90 Å². The molecule has 0 amide bonds. The Kier molecular flexibility index (Phi) is 4.31. The molecule has 0 aliphatic heterocycles. The summed E-state index contributed by atoms with van der Waals surface area (Å²) in [4.78, 5) is 1.87. The minimum absolute atomic E-state index is 0.148. The lowest BCUT2D eigenvalue weighted by atomic mass is 10.3. The molecule has 90 valence electrons. The highest BCUT2D eigenvalue weighted by Gasteiger charge is 2.17. The van der Waals surface area contributed by atoms with Crippen molar-refractivity contribution in [1.29, 1.82) is 0 Å². The predicted octanol–water partition coefficient (Wildman–Crippen LogP) is 0.829. The van der Waals surface area contributed by atoms with Gasteiger partial charge in [0.15, 0.2) is 0 Å². The van der Waals surface area contributed by atoms with Crippen LogP contribution in [0.25, 0.3) is 0 Å². The average Bonchev–Trinajstić information content (AvgIpc) is 2.19. The zero-order valence-corrected chi connectivity index (χ0v) is 11.5. The number of hydrogen-bond donors (Lipinski definition) is 2. The molecule has 16 heavy (non-hydrogen) atoms. The summed E-state index contributed by atoms with van der Waals surface area (Å²) < 4.78 is 26.7. The number of nitrogens with zero attached hydrogens (tertiary/aromatic N) is 1. The number of nitrogen functional groups attached to an aromatic ring is 1. The van der Waals surface area contributed by atoms with Crippen molar-refractivity contribution >= 4 is 31.6 Å². The second-order valence-corrected chi connectivity index (χ2v) is 6.17. The average molecular weight is 308 g/mol. The fourth-order valence-electron chi connectivity index (χ4n) is 1.02. The molecule has 1 aromatic rings. The van der Waals surface area contributed by atoms with Crippen LogP contribution in [0.4, 0.5) is 5.69 Å². The van der Waals surface area contributed by atoms with Gasteiger partial charge in [-0.2, -0.15) is 4.72 Å². The lowest BCUT2D eigenvalue weighted by molar-refractivity contribution is 0.399. The SMILES string of the molecule is CN(C)CNS(=O)(=O)c1cc(N)ccc1Br. The van der Waals surface area contributed by atoms with Gasteiger partial charge in [0, 0.05) is 10.2 Å². The summed E-state index contributed by atoms with van der Waals surface area (Å²) in [6.45, 7) is 0.240. The third-order valence-corrected chi connectivity index (χ3v) is 4.20. The molecule has 0 bridgehead atoms. The third-order valence-electron chi connectivity index (χ3n) is 1.82. The van der Waals surface area contributed by atoms with Gasteiger partial charge in [0.1, 0.15) is 0 Å². The number of rotatable bonds is 4. The lowest BCUT2D eigenvalue weighted by Crippen LogP contribution is -2.33. The Morgan fingerprint density at radius 3 is 2.62 bits per heavy atom. The van der Waals surface area contributed by atoms with Crippen LogP contribution in [0.5, 0.6) is 0 Å². The summed E-state index contributed by atoms with van der Waals surface area (Å²) in [6.07, 6.45) is 0. The minimum Gasteiger partial charge on any atom is -0.399 e. The van der Waals surface area contributed by atoms with Crippen LogP contribution >= 0.6 is 15.9 Å². The molecule has 5 nitrogen and oxygen atoms in total. The van der Waals surface area contributed by atoms with E-state index in [0.29, 0.717) is 10.2 Å². The van der Waals surface area contributed by atoms with Crippen LogP contribution in [0.2, 0.25) is 0 Å². The smallest absolute Gasteiger partial charge is 0.242 e. The molecular formula is C9H14BrN3O2S. The quantitative estimate of drug-likeness (QED) is 0.638. The standard InChI is InChI=1S/C9H14BrN3O2S/c1-13(2)6-12-16(14,15)9-5-7(11)3-4-8(9)10/h3-5,12H,6,11H2,1-2H3. The number of sulfonamides is 1. The first kappa shape index (κ1) is 13.4. The molecule has 1 rings (SSSR count). The van der Waals surface area contributed by atoms with Gasteiger partial charge in [0.2, 0.25) is 10.0 Å². The first-order chi connectivity index (χ1) is 7.33. The summed E-state index contributed by atoms with van der Waals surface area (Å²) in [5, 5.41) is 0. The monoisotopic (exact) mass is 307 g/mol. The molecule has 0 fully saturated rings. The largest absolute Gasteiger partial charge is 0.399 e. The van der Waals surface area contributed by atoms with Gasteiger partial charge < -0.3 is 5.73 Å². The molecule has 7 heteroatoms. The Bertz CT molecular complexity index is 474. The number of anilines is 1. The minimum atomic E-state index is -3.53. The molecule has 0 unspecified atom stereocenters. The zero-order chi connectivity index (χ0) is 12.3. The molecule has 0 aromatic heterocycles. The van der Waals surface area contributed by atoms with Crippen molar-refractivity contribution in [2.75, 3.05) is 26.5 Å². The van der Waals surface area contributed by atoms with Gasteiger partial charge in [-0.1, -0.05) is 0 Å². The van der Waals surface area contributed by atoms with E-state index in [1.54, 1.807) is 31.1 Å². The van der Waals surface area contributed by atoms with Crippen LogP contribution < -0.4 is 10.5 Å². The Morgan fingerprint density at radius 2 is 2.06 bits per heavy atom. The van der Waals surface area contributed by atoms with E-state index in [4.69, 9.17) is 5.73 Å². The van der Waals surface area contributed by atoms with E-state index < -0.39 is 10.0 Å². The van der Waals surface area contributed by atoms with Crippen LogP contribution in [0.15, 0.2) is 27.6 Å². The van der Waals surface area contributed by atoms with Crippen molar-refractivity contribution in [3.63, 3.8) is 0 Å². The summed E-state index contributed by atoms with van der Waals surface area (Å²) in [5.74, 6) is 0. The van der Waals surface area contributed by atoms with Crippen LogP contribution in [0, 0.1) is 0 Å². The van der Waals surface area contributed by atoms with Crippen molar-refractivity contribution in [2.45, 2.75) is 4.90 Å². The number of nitrogens with two attached hydrogens (primary N) is 1. The van der Waals surface area contributed by atoms with Gasteiger partial charge in [-0.15, -0.1) is 0 Å². The highest BCUT2D eigenvalue weighted by Crippen LogP contribution is 2.23. The molecule has 0 heterocycles. The molecule has 0 radical (unpaired) electrons. The second kappa shape index (κ2) is 5.13. The summed E-state index contributed by atoms with van der Waals surface area (Å²) in [7, 11) is 0.0224. The van der Waals surface area contributed by atoms with E-state index in [1.807, 2.05) is 0 Å². The highest BCUT2D eigenvalue weighted by molar-refractivity contribution is 9.10. The predicted molar refractivity (Wildman–Crippen MR) is 67.4 cm³/mol. The molecule has 0 saturated carbocycles. The summed E-state index contributed by atoms with van der Waals surface area (Å²) in [6, 6.07) is 4.66. The fourth-order valence-corrected chi connectivity index (χ4v) is 3.10. The highest BCUT2D eigenvalue weighted by atomic mass is 79.9. The van der Waals surface area contributed by atoms with E-state index >= 15 is 0 Å². The van der Waals surface area contributed by atoms with Gasteiger partial charge in [0.25, 0.3) is 0 Å². The van der Waals surface area contributed by atoms with Gasteiger partial charge in [-0.05, 0) is 48.2 Å². The maximum atomic E-state index is 11.9. The molecule has 3 N–H and O–H groups in total. The van der Waals surface area contributed by atoms with Crippen molar-refractivity contribution in [3.8, 4) is 0 Å².